The van der Waals surface area contributed by atoms with Gasteiger partial charge in [-0.05, 0) is 25.5 Å². The molecule has 2 heteroatoms. The van der Waals surface area contributed by atoms with Crippen molar-refractivity contribution < 1.29 is 4.79 Å². The minimum atomic E-state index is 0.0832. The fourth-order valence-corrected chi connectivity index (χ4v) is 0.976. The molecule has 0 bridgehead atoms. The number of hydrogen-bond donors (Lipinski definition) is 0. The molecule has 1 rings (SSSR count). The van der Waals surface area contributed by atoms with Gasteiger partial charge in [0.15, 0.2) is 0 Å². The Morgan fingerprint density at radius 2 is 1.81 bits per heavy atom. The van der Waals surface area contributed by atoms with Crippen molar-refractivity contribution in [3.63, 3.8) is 0 Å². The van der Waals surface area contributed by atoms with E-state index in [4.69, 9.17) is 0 Å². The van der Waals surface area contributed by atoms with Gasteiger partial charge < -0.3 is 0 Å². The van der Waals surface area contributed by atoms with Crippen molar-refractivity contribution in [2.24, 2.45) is 5.92 Å². The third-order valence-corrected chi connectivity index (χ3v) is 1.94. The lowest BCUT2D eigenvalue weighted by atomic mass is 10.0. The summed E-state index contributed by atoms with van der Waals surface area (Å²) in [6, 6.07) is 5.76. The van der Waals surface area contributed by atoms with Crippen molar-refractivity contribution in [3.8, 4) is 0 Å². The molecule has 0 saturated carbocycles. The van der Waals surface area contributed by atoms with E-state index in [2.05, 4.69) is 4.98 Å². The second-order valence-corrected chi connectivity index (χ2v) is 3.04. The van der Waals surface area contributed by atoms with Crippen LogP contribution in [0, 0.1) is 5.92 Å². The van der Waals surface area contributed by atoms with Crippen molar-refractivity contribution in [2.75, 3.05) is 0 Å². The number of carbonyl (C=O) groups excluding carboxylic acids is 1. The first-order valence-electron chi connectivity index (χ1n) is 6.10. The fourth-order valence-electron chi connectivity index (χ4n) is 0.976. The van der Waals surface area contributed by atoms with E-state index < -0.39 is 0 Å². The summed E-state index contributed by atoms with van der Waals surface area (Å²) in [5.74, 6) is 0.306. The zero-order valence-corrected chi connectivity index (χ0v) is 11.4. The molecule has 0 N–H and O–H groups in total. The van der Waals surface area contributed by atoms with Gasteiger partial charge in [0.25, 0.3) is 0 Å². The van der Waals surface area contributed by atoms with Crippen LogP contribution in [0.25, 0.3) is 0 Å². The molecule has 1 atom stereocenters. The van der Waals surface area contributed by atoms with E-state index in [1.165, 1.54) is 0 Å². The Balaban J connectivity index is 0. The molecule has 0 aliphatic heterocycles. The van der Waals surface area contributed by atoms with Crippen molar-refractivity contribution in [1.82, 2.24) is 4.98 Å². The number of pyridine rings is 1. The molecule has 1 aromatic heterocycles. The van der Waals surface area contributed by atoms with Gasteiger partial charge in [-0.3, -0.25) is 9.78 Å². The minimum absolute atomic E-state index is 0.0832. The molecule has 2 nitrogen and oxygen atoms in total. The molecule has 0 aromatic carbocycles. The first-order chi connectivity index (χ1) is 7.70. The average Bonchev–Trinajstić information content (AvgIpc) is 2.35. The molecule has 1 aromatic rings. The quantitative estimate of drug-likeness (QED) is 0.778. The van der Waals surface area contributed by atoms with Crippen LogP contribution in [0.2, 0.25) is 0 Å². The first kappa shape index (κ1) is 17.2. The molecule has 92 valence electrons. The van der Waals surface area contributed by atoms with Crippen molar-refractivity contribution in [2.45, 2.75) is 48.0 Å². The Kier molecular flexibility index (Phi) is 12.8. The van der Waals surface area contributed by atoms with Gasteiger partial charge in [0.2, 0.25) is 0 Å². The lowest BCUT2D eigenvalue weighted by molar-refractivity contribution is -0.120. The summed E-state index contributed by atoms with van der Waals surface area (Å²) >= 11 is 0. The largest absolute Gasteiger partial charge is 0.300 e. The van der Waals surface area contributed by atoms with Gasteiger partial charge in [-0.15, -0.1) is 0 Å². The van der Waals surface area contributed by atoms with Gasteiger partial charge in [-0.2, -0.15) is 0 Å². The number of hydrogen-bond acceptors (Lipinski definition) is 2. The van der Waals surface area contributed by atoms with Crippen LogP contribution in [0.1, 0.15) is 47.2 Å². The van der Waals surface area contributed by atoms with Crippen LogP contribution in [0.5, 0.6) is 0 Å². The lowest BCUT2D eigenvalue weighted by Gasteiger charge is -2.05. The first-order valence-corrected chi connectivity index (χ1v) is 6.10. The number of nitrogens with zero attached hydrogens (tertiary/aromatic N) is 1. The molecule has 0 fully saturated rings. The molecular formula is C14H25NO. The average molecular weight is 223 g/mol. The summed E-state index contributed by atoms with van der Waals surface area (Å²) in [7, 11) is 0. The highest BCUT2D eigenvalue weighted by molar-refractivity contribution is 5.78. The molecule has 1 unspecified atom stereocenters. The monoisotopic (exact) mass is 223 g/mol. The third kappa shape index (κ3) is 8.16. The molecule has 0 amide bonds. The maximum Gasteiger partial charge on any atom is 0.133 e. The number of carbonyl (C=O) groups is 1. The van der Waals surface area contributed by atoms with Crippen molar-refractivity contribution in [1.29, 1.82) is 0 Å². The Morgan fingerprint density at radius 3 is 2.19 bits per heavy atom. The highest BCUT2D eigenvalue weighted by atomic mass is 16.1. The molecule has 0 aliphatic carbocycles. The second kappa shape index (κ2) is 11.9. The van der Waals surface area contributed by atoms with E-state index in [1.807, 2.05) is 52.8 Å². The van der Waals surface area contributed by atoms with Gasteiger partial charge in [0, 0.05) is 17.8 Å². The Morgan fingerprint density at radius 1 is 1.25 bits per heavy atom. The Bertz CT molecular complexity index is 257. The van der Waals surface area contributed by atoms with Crippen LogP contribution in [0.3, 0.4) is 0 Å². The number of aromatic nitrogens is 1. The predicted molar refractivity (Wildman–Crippen MR) is 70.5 cm³/mol. The number of ketones is 1. The van der Waals surface area contributed by atoms with Gasteiger partial charge in [0.05, 0.1) is 0 Å². The maximum absolute atomic E-state index is 10.9. The van der Waals surface area contributed by atoms with Crippen LogP contribution in [-0.2, 0) is 11.2 Å². The minimum Gasteiger partial charge on any atom is -0.300 e. The van der Waals surface area contributed by atoms with Crippen LogP contribution >= 0.6 is 0 Å². The second-order valence-electron chi connectivity index (χ2n) is 3.04. The molecule has 0 spiro atoms. The van der Waals surface area contributed by atoms with Gasteiger partial charge >= 0.3 is 0 Å². The zero-order valence-electron chi connectivity index (χ0n) is 11.4. The summed E-state index contributed by atoms with van der Waals surface area (Å²) in [4.78, 5) is 15.1. The molecular weight excluding hydrogens is 198 g/mol. The molecule has 0 saturated heterocycles. The van der Waals surface area contributed by atoms with E-state index in [0.717, 1.165) is 12.1 Å². The topological polar surface area (TPSA) is 30.0 Å². The molecule has 0 aliphatic rings. The van der Waals surface area contributed by atoms with Gasteiger partial charge in [0.1, 0.15) is 5.78 Å². The van der Waals surface area contributed by atoms with Crippen LogP contribution in [0.15, 0.2) is 24.4 Å². The normalized spacial score (nSPS) is 10.1. The summed E-state index contributed by atoms with van der Waals surface area (Å²) < 4.78 is 0. The van der Waals surface area contributed by atoms with E-state index in [0.29, 0.717) is 0 Å². The highest BCUT2D eigenvalue weighted by Crippen LogP contribution is 2.05. The van der Waals surface area contributed by atoms with Gasteiger partial charge in [-0.1, -0.05) is 40.7 Å². The fraction of sp³-hybridized carbons (Fsp3) is 0.571. The maximum atomic E-state index is 10.9. The standard InChI is InChI=1S/C10H13NO.2C2H6/c1-8(9(2)12)7-10-5-3-4-6-11-10;2*1-2/h3-6,8H,7H2,1-2H3;2*1-2H3. The predicted octanol–water partition coefficient (Wildman–Crippen LogP) is 3.90. The Hall–Kier alpha value is -1.18. The van der Waals surface area contributed by atoms with Gasteiger partial charge in [-0.25, -0.2) is 0 Å². The molecule has 1 heterocycles. The van der Waals surface area contributed by atoms with E-state index in [-0.39, 0.29) is 11.7 Å². The van der Waals surface area contributed by atoms with Crippen molar-refractivity contribution >= 4 is 5.78 Å². The number of rotatable bonds is 3. The smallest absolute Gasteiger partial charge is 0.133 e. The third-order valence-electron chi connectivity index (χ3n) is 1.94. The SMILES string of the molecule is CC.CC.CC(=O)C(C)Cc1ccccn1. The molecule has 0 radical (unpaired) electrons. The summed E-state index contributed by atoms with van der Waals surface area (Å²) in [6.07, 6.45) is 2.50. The zero-order chi connectivity index (χ0) is 13.0. The van der Waals surface area contributed by atoms with E-state index >= 15 is 0 Å². The number of Topliss-reactive ketones (excluding diaryl/α,β-unsaturated/α-hetero) is 1. The van der Waals surface area contributed by atoms with Crippen molar-refractivity contribution in [3.05, 3.63) is 30.1 Å². The lowest BCUT2D eigenvalue weighted by Crippen LogP contribution is -2.10. The molecule has 16 heavy (non-hydrogen) atoms. The van der Waals surface area contributed by atoms with E-state index in [1.54, 1.807) is 13.1 Å². The summed E-state index contributed by atoms with van der Waals surface area (Å²) in [5.41, 5.74) is 0.986. The van der Waals surface area contributed by atoms with Crippen LogP contribution in [0.4, 0.5) is 0 Å². The van der Waals surface area contributed by atoms with Crippen LogP contribution < -0.4 is 0 Å². The summed E-state index contributed by atoms with van der Waals surface area (Å²) in [5, 5.41) is 0. The van der Waals surface area contributed by atoms with Crippen LogP contribution in [-0.4, -0.2) is 10.8 Å². The highest BCUT2D eigenvalue weighted by Gasteiger charge is 2.08. The summed E-state index contributed by atoms with van der Waals surface area (Å²) in [6.45, 7) is 11.5. The Labute approximate surface area is 100 Å². The van der Waals surface area contributed by atoms with E-state index in [9.17, 15) is 4.79 Å².